The van der Waals surface area contributed by atoms with E-state index in [1.165, 1.54) is 0 Å². The van der Waals surface area contributed by atoms with E-state index in [0.717, 1.165) is 67.4 Å². The van der Waals surface area contributed by atoms with Crippen LogP contribution in [0.1, 0.15) is 16.1 Å². The van der Waals surface area contributed by atoms with Gasteiger partial charge in [0.25, 0.3) is 11.5 Å². The SMILES string of the molecule is COc1cc(F)c(-c2c(NC(=O)c3ccc(OC(F)F)cc3)c(=O)n(-c3cccc(C(F)(F)F)n3)n2C)c(F)c1. The molecule has 0 aliphatic carbocycles. The van der Waals surface area contributed by atoms with Crippen molar-refractivity contribution in [2.45, 2.75) is 12.8 Å². The molecule has 15 heteroatoms. The number of nitrogens with one attached hydrogen (secondary N) is 1. The molecule has 2 aromatic heterocycles. The van der Waals surface area contributed by atoms with Crippen LogP contribution in [-0.2, 0) is 13.2 Å². The first-order valence-electron chi connectivity index (χ1n) is 11.1. The fourth-order valence-electron chi connectivity index (χ4n) is 3.83. The Hall–Kier alpha value is -4.82. The van der Waals surface area contributed by atoms with Gasteiger partial charge >= 0.3 is 12.8 Å². The zero-order valence-corrected chi connectivity index (χ0v) is 20.4. The second-order valence-electron chi connectivity index (χ2n) is 8.07. The Bertz CT molecular complexity index is 1610. The van der Waals surface area contributed by atoms with Gasteiger partial charge in [-0.2, -0.15) is 26.6 Å². The van der Waals surface area contributed by atoms with Gasteiger partial charge in [-0.05, 0) is 36.4 Å². The molecule has 0 fully saturated rings. The highest BCUT2D eigenvalue weighted by Gasteiger charge is 2.34. The minimum Gasteiger partial charge on any atom is -0.497 e. The number of hydrogen-bond donors (Lipinski definition) is 1. The molecule has 2 aromatic carbocycles. The van der Waals surface area contributed by atoms with Crippen LogP contribution in [0.15, 0.2) is 59.4 Å². The Morgan fingerprint density at radius 2 is 1.62 bits per heavy atom. The molecule has 0 bridgehead atoms. The van der Waals surface area contributed by atoms with E-state index >= 15 is 8.78 Å². The Balaban J connectivity index is 1.90. The van der Waals surface area contributed by atoms with Crippen molar-refractivity contribution in [3.05, 3.63) is 87.8 Å². The van der Waals surface area contributed by atoms with Crippen molar-refractivity contribution in [3.8, 4) is 28.6 Å². The third-order valence-electron chi connectivity index (χ3n) is 5.58. The van der Waals surface area contributed by atoms with Crippen molar-refractivity contribution in [3.63, 3.8) is 0 Å². The standard InChI is InChI=1S/C25H17F7N4O4/c1-35-21(19-15(26)10-14(39-2)11-16(19)27)20(34-22(37)12-6-8-13(9-7-12)40-24(28)29)23(38)36(35)18-5-3-4-17(33-18)25(30,31)32/h3-11,24H,1-2H3,(H,34,37). The van der Waals surface area contributed by atoms with E-state index in [9.17, 15) is 31.5 Å². The highest BCUT2D eigenvalue weighted by molar-refractivity contribution is 6.06. The Morgan fingerprint density at radius 3 is 2.17 bits per heavy atom. The molecule has 0 saturated heterocycles. The molecule has 40 heavy (non-hydrogen) atoms. The Morgan fingerprint density at radius 1 is 1.00 bits per heavy atom. The van der Waals surface area contributed by atoms with E-state index in [1.807, 2.05) is 0 Å². The van der Waals surface area contributed by atoms with Gasteiger partial charge in [0, 0.05) is 24.7 Å². The van der Waals surface area contributed by atoms with Crippen LogP contribution in [0, 0.1) is 11.6 Å². The molecule has 2 heterocycles. The molecule has 0 radical (unpaired) electrons. The van der Waals surface area contributed by atoms with Crippen LogP contribution in [-0.4, -0.2) is 34.0 Å². The predicted molar refractivity (Wildman–Crippen MR) is 127 cm³/mol. The molecule has 0 atom stereocenters. The number of hydrogen-bond acceptors (Lipinski definition) is 5. The molecule has 0 saturated carbocycles. The maximum Gasteiger partial charge on any atom is 0.433 e. The van der Waals surface area contributed by atoms with Gasteiger partial charge in [-0.3, -0.25) is 14.3 Å². The second-order valence-corrected chi connectivity index (χ2v) is 8.07. The lowest BCUT2D eigenvalue weighted by Gasteiger charge is -2.13. The molecule has 8 nitrogen and oxygen atoms in total. The van der Waals surface area contributed by atoms with E-state index in [4.69, 9.17) is 4.74 Å². The van der Waals surface area contributed by atoms with Crippen molar-refractivity contribution in [1.29, 1.82) is 0 Å². The smallest absolute Gasteiger partial charge is 0.433 e. The average Bonchev–Trinajstić information content (AvgIpc) is 3.12. The molecular formula is C25H17F7N4O4. The minimum atomic E-state index is -4.88. The summed E-state index contributed by atoms with van der Waals surface area (Å²) >= 11 is 0. The van der Waals surface area contributed by atoms with Crippen LogP contribution in [0.4, 0.5) is 36.4 Å². The maximum absolute atomic E-state index is 15.1. The summed E-state index contributed by atoms with van der Waals surface area (Å²) in [6, 6.07) is 8.53. The number of rotatable bonds is 7. The Kier molecular flexibility index (Phi) is 7.57. The van der Waals surface area contributed by atoms with Crippen molar-refractivity contribution in [2.75, 3.05) is 12.4 Å². The van der Waals surface area contributed by atoms with E-state index in [0.29, 0.717) is 10.7 Å². The van der Waals surface area contributed by atoms with Crippen LogP contribution in [0.5, 0.6) is 11.5 Å². The van der Waals surface area contributed by atoms with Crippen LogP contribution < -0.4 is 20.3 Å². The first-order valence-corrected chi connectivity index (χ1v) is 11.1. The number of halogens is 7. The summed E-state index contributed by atoms with van der Waals surface area (Å²) in [4.78, 5) is 29.9. The zero-order valence-electron chi connectivity index (χ0n) is 20.4. The second kappa shape index (κ2) is 10.7. The van der Waals surface area contributed by atoms with Crippen molar-refractivity contribution in [2.24, 2.45) is 7.05 Å². The molecule has 0 aliphatic rings. The number of carbonyl (C=O) groups is 1. The van der Waals surface area contributed by atoms with Crippen LogP contribution >= 0.6 is 0 Å². The zero-order chi connectivity index (χ0) is 29.4. The summed E-state index contributed by atoms with van der Waals surface area (Å²) in [5.74, 6) is -4.49. The van der Waals surface area contributed by atoms with Crippen LogP contribution in [0.25, 0.3) is 17.1 Å². The molecule has 0 unspecified atom stereocenters. The number of pyridine rings is 1. The normalized spacial score (nSPS) is 11.6. The number of ether oxygens (including phenoxy) is 2. The molecule has 0 spiro atoms. The highest BCUT2D eigenvalue weighted by Crippen LogP contribution is 2.35. The van der Waals surface area contributed by atoms with Gasteiger partial charge < -0.3 is 14.8 Å². The van der Waals surface area contributed by atoms with Crippen LogP contribution in [0.2, 0.25) is 0 Å². The number of alkyl halides is 5. The maximum atomic E-state index is 15.1. The third-order valence-corrected chi connectivity index (χ3v) is 5.58. The van der Waals surface area contributed by atoms with E-state index < -0.39 is 64.3 Å². The molecule has 4 aromatic rings. The molecule has 0 aliphatic heterocycles. The highest BCUT2D eigenvalue weighted by atomic mass is 19.4. The molecular weight excluding hydrogens is 553 g/mol. The van der Waals surface area contributed by atoms with Crippen LogP contribution in [0.3, 0.4) is 0 Å². The number of methoxy groups -OCH3 is 1. The van der Waals surface area contributed by atoms with Gasteiger partial charge in [0.2, 0.25) is 0 Å². The van der Waals surface area contributed by atoms with Crippen molar-refractivity contribution in [1.82, 2.24) is 14.3 Å². The van der Waals surface area contributed by atoms with E-state index in [2.05, 4.69) is 15.0 Å². The van der Waals surface area contributed by atoms with Gasteiger partial charge in [-0.15, -0.1) is 0 Å². The summed E-state index contributed by atoms with van der Waals surface area (Å²) in [7, 11) is 2.27. The van der Waals surface area contributed by atoms with Crippen molar-refractivity contribution < 1.29 is 45.0 Å². The number of nitrogens with zero attached hydrogens (tertiary/aromatic N) is 3. The minimum absolute atomic E-state index is 0.171. The van der Waals surface area contributed by atoms with E-state index in [-0.39, 0.29) is 17.1 Å². The van der Waals surface area contributed by atoms with Gasteiger partial charge in [0.15, 0.2) is 5.82 Å². The predicted octanol–water partition coefficient (Wildman–Crippen LogP) is 5.40. The summed E-state index contributed by atoms with van der Waals surface area (Å²) in [6.07, 6.45) is -4.88. The number of aromatic nitrogens is 3. The summed E-state index contributed by atoms with van der Waals surface area (Å²) < 4.78 is 105. The fourth-order valence-corrected chi connectivity index (χ4v) is 3.83. The number of benzene rings is 2. The largest absolute Gasteiger partial charge is 0.497 e. The average molecular weight is 570 g/mol. The lowest BCUT2D eigenvalue weighted by molar-refractivity contribution is -0.141. The number of carbonyl (C=O) groups excluding carboxylic acids is 1. The summed E-state index contributed by atoms with van der Waals surface area (Å²) in [5.41, 5.74) is -4.75. The quantitative estimate of drug-likeness (QED) is 0.301. The lowest BCUT2D eigenvalue weighted by atomic mass is 10.1. The number of amides is 1. The topological polar surface area (TPSA) is 87.4 Å². The number of anilines is 1. The van der Waals surface area contributed by atoms with E-state index in [1.54, 1.807) is 0 Å². The third kappa shape index (κ3) is 5.48. The van der Waals surface area contributed by atoms with Gasteiger partial charge in [-0.1, -0.05) is 6.07 Å². The Labute approximate surface area is 220 Å². The van der Waals surface area contributed by atoms with Crippen molar-refractivity contribution >= 4 is 11.6 Å². The first kappa shape index (κ1) is 28.2. The van der Waals surface area contributed by atoms with Gasteiger partial charge in [0.05, 0.1) is 12.7 Å². The fraction of sp³-hybridized carbons (Fsp3) is 0.160. The lowest BCUT2D eigenvalue weighted by Crippen LogP contribution is -2.24. The first-order chi connectivity index (χ1) is 18.8. The molecule has 1 amide bonds. The monoisotopic (exact) mass is 570 g/mol. The molecule has 210 valence electrons. The molecule has 1 N–H and O–H groups in total. The molecule has 4 rings (SSSR count). The van der Waals surface area contributed by atoms with Gasteiger partial charge in [0.1, 0.15) is 40.2 Å². The van der Waals surface area contributed by atoms with Gasteiger partial charge in [-0.25, -0.2) is 13.8 Å². The summed E-state index contributed by atoms with van der Waals surface area (Å²) in [5, 5.41) is 2.22. The summed E-state index contributed by atoms with van der Waals surface area (Å²) in [6.45, 7) is -3.12.